The molecule has 1 saturated carbocycles. The van der Waals surface area contributed by atoms with Crippen LogP contribution in [0.15, 0.2) is 24.3 Å². The number of nitrogens with zero attached hydrogens (tertiary/aromatic N) is 2. The third-order valence-electron chi connectivity index (χ3n) is 3.11. The van der Waals surface area contributed by atoms with E-state index in [1.54, 1.807) is 0 Å². The Morgan fingerprint density at radius 3 is 2.44 bits per heavy atom. The zero-order chi connectivity index (χ0) is 12.7. The highest BCUT2D eigenvalue weighted by atomic mass is 127. The van der Waals surface area contributed by atoms with Crippen molar-refractivity contribution >= 4 is 34.2 Å². The number of aryl methyl sites for hydroxylation is 1. The van der Waals surface area contributed by atoms with Gasteiger partial charge in [-0.15, -0.1) is 0 Å². The molecule has 92 valence electrons. The lowest BCUT2D eigenvalue weighted by Gasteiger charge is -2.07. The van der Waals surface area contributed by atoms with Crippen LogP contribution in [0.5, 0.6) is 0 Å². The van der Waals surface area contributed by atoms with E-state index in [9.17, 15) is 0 Å². The van der Waals surface area contributed by atoms with Crippen molar-refractivity contribution in [3.63, 3.8) is 0 Å². The normalized spacial score (nSPS) is 14.8. The monoisotopic (exact) mass is 370 g/mol. The smallest absolute Gasteiger partial charge is 0.161 e. The molecule has 0 saturated heterocycles. The number of rotatable bonds is 2. The summed E-state index contributed by atoms with van der Waals surface area (Å²) in [4.78, 5) is 9.08. The molecule has 3 rings (SSSR count). The van der Waals surface area contributed by atoms with E-state index in [0.717, 1.165) is 20.7 Å². The summed E-state index contributed by atoms with van der Waals surface area (Å²) in [6.07, 6.45) is 2.44. The van der Waals surface area contributed by atoms with Crippen molar-refractivity contribution in [1.82, 2.24) is 9.97 Å². The second-order valence-corrected chi connectivity index (χ2v) is 6.11. The van der Waals surface area contributed by atoms with Gasteiger partial charge in [-0.1, -0.05) is 41.4 Å². The van der Waals surface area contributed by atoms with Gasteiger partial charge in [0.05, 0.1) is 9.26 Å². The predicted octanol–water partition coefficient (Wildman–Crippen LogP) is 4.59. The molecule has 0 atom stereocenters. The Morgan fingerprint density at radius 1 is 1.17 bits per heavy atom. The molecular formula is C14H12ClIN2. The second-order valence-electron chi connectivity index (χ2n) is 4.68. The zero-order valence-electron chi connectivity index (χ0n) is 9.95. The van der Waals surface area contributed by atoms with Gasteiger partial charge in [-0.05, 0) is 42.4 Å². The van der Waals surface area contributed by atoms with Crippen molar-refractivity contribution in [2.24, 2.45) is 0 Å². The van der Waals surface area contributed by atoms with Gasteiger partial charge >= 0.3 is 0 Å². The molecule has 1 aromatic carbocycles. The second kappa shape index (κ2) is 4.78. The van der Waals surface area contributed by atoms with Gasteiger partial charge in [-0.2, -0.15) is 0 Å². The minimum absolute atomic E-state index is 0.572. The molecule has 2 nitrogen and oxygen atoms in total. The number of hydrogen-bond acceptors (Lipinski definition) is 2. The van der Waals surface area contributed by atoms with E-state index >= 15 is 0 Å². The quantitative estimate of drug-likeness (QED) is 0.571. The van der Waals surface area contributed by atoms with Gasteiger partial charge in [-0.25, -0.2) is 9.97 Å². The Bertz CT molecular complexity index is 591. The highest BCUT2D eigenvalue weighted by molar-refractivity contribution is 14.1. The molecule has 1 heterocycles. The van der Waals surface area contributed by atoms with E-state index < -0.39 is 0 Å². The van der Waals surface area contributed by atoms with E-state index in [1.165, 1.54) is 18.4 Å². The molecule has 1 aliphatic rings. The molecule has 0 N–H and O–H groups in total. The van der Waals surface area contributed by atoms with Crippen LogP contribution >= 0.6 is 34.2 Å². The highest BCUT2D eigenvalue weighted by Crippen LogP contribution is 2.42. The molecule has 1 aliphatic carbocycles. The molecule has 0 aliphatic heterocycles. The largest absolute Gasteiger partial charge is 0.232 e. The standard InChI is InChI=1S/C14H12ClIN2/c1-8-2-4-10(5-3-8)14-17-12(9-6-7-9)11(16)13(15)18-14/h2-5,9H,6-7H2,1H3. The van der Waals surface area contributed by atoms with Crippen LogP contribution in [-0.2, 0) is 0 Å². The fourth-order valence-corrected chi connectivity index (χ4v) is 2.75. The number of halogens is 2. The van der Waals surface area contributed by atoms with E-state index in [4.69, 9.17) is 16.6 Å². The van der Waals surface area contributed by atoms with E-state index in [2.05, 4.69) is 46.6 Å². The fraction of sp³-hybridized carbons (Fsp3) is 0.286. The van der Waals surface area contributed by atoms with Crippen molar-refractivity contribution in [3.05, 3.63) is 44.2 Å². The number of hydrogen-bond donors (Lipinski definition) is 0. The number of aromatic nitrogens is 2. The molecule has 0 radical (unpaired) electrons. The van der Waals surface area contributed by atoms with Crippen LogP contribution in [0.2, 0.25) is 5.15 Å². The van der Waals surface area contributed by atoms with Gasteiger partial charge in [0.2, 0.25) is 0 Å². The van der Waals surface area contributed by atoms with Gasteiger partial charge in [0.1, 0.15) is 5.15 Å². The Labute approximate surface area is 125 Å². The molecule has 18 heavy (non-hydrogen) atoms. The molecule has 0 amide bonds. The van der Waals surface area contributed by atoms with Gasteiger partial charge < -0.3 is 0 Å². The molecule has 1 aromatic heterocycles. The lowest BCUT2D eigenvalue weighted by molar-refractivity contribution is 0.978. The Balaban J connectivity index is 2.09. The summed E-state index contributed by atoms with van der Waals surface area (Å²) in [5, 5.41) is 0.572. The van der Waals surface area contributed by atoms with Crippen LogP contribution in [0.25, 0.3) is 11.4 Å². The molecule has 0 bridgehead atoms. The predicted molar refractivity (Wildman–Crippen MR) is 81.9 cm³/mol. The average Bonchev–Trinajstić information content (AvgIpc) is 3.18. The zero-order valence-corrected chi connectivity index (χ0v) is 12.9. The first-order valence-electron chi connectivity index (χ1n) is 5.95. The summed E-state index contributed by atoms with van der Waals surface area (Å²) in [7, 11) is 0. The minimum atomic E-state index is 0.572. The van der Waals surface area contributed by atoms with E-state index in [1.807, 2.05) is 12.1 Å². The maximum absolute atomic E-state index is 6.21. The third-order valence-corrected chi connectivity index (χ3v) is 4.77. The molecular weight excluding hydrogens is 359 g/mol. The Hall–Kier alpha value is -0.680. The summed E-state index contributed by atoms with van der Waals surface area (Å²) in [5.74, 6) is 1.32. The fourth-order valence-electron chi connectivity index (χ4n) is 1.89. The first kappa shape index (κ1) is 12.4. The van der Waals surface area contributed by atoms with E-state index in [0.29, 0.717) is 11.1 Å². The summed E-state index contributed by atoms with van der Waals surface area (Å²) < 4.78 is 1.01. The molecule has 0 spiro atoms. The summed E-state index contributed by atoms with van der Waals surface area (Å²) in [6.45, 7) is 2.07. The SMILES string of the molecule is Cc1ccc(-c2nc(Cl)c(I)c(C3CC3)n2)cc1. The molecule has 0 unspecified atom stereocenters. The maximum atomic E-state index is 6.21. The minimum Gasteiger partial charge on any atom is -0.232 e. The van der Waals surface area contributed by atoms with Crippen LogP contribution in [0.1, 0.15) is 30.0 Å². The maximum Gasteiger partial charge on any atom is 0.161 e. The molecule has 1 fully saturated rings. The van der Waals surface area contributed by atoms with Gasteiger partial charge in [0, 0.05) is 11.5 Å². The molecule has 2 aromatic rings. The number of benzene rings is 1. The third kappa shape index (κ3) is 2.38. The molecule has 4 heteroatoms. The summed E-state index contributed by atoms with van der Waals surface area (Å²) >= 11 is 8.46. The Kier molecular flexibility index (Phi) is 3.28. The van der Waals surface area contributed by atoms with Crippen molar-refractivity contribution in [2.75, 3.05) is 0 Å². The van der Waals surface area contributed by atoms with Crippen LogP contribution < -0.4 is 0 Å². The van der Waals surface area contributed by atoms with Crippen LogP contribution in [0.4, 0.5) is 0 Å². The summed E-state index contributed by atoms with van der Waals surface area (Å²) in [5.41, 5.74) is 3.38. The van der Waals surface area contributed by atoms with Crippen molar-refractivity contribution in [3.8, 4) is 11.4 Å². The van der Waals surface area contributed by atoms with E-state index in [-0.39, 0.29) is 0 Å². The van der Waals surface area contributed by atoms with Gasteiger partial charge in [0.25, 0.3) is 0 Å². The van der Waals surface area contributed by atoms with Gasteiger partial charge in [-0.3, -0.25) is 0 Å². The van der Waals surface area contributed by atoms with Crippen molar-refractivity contribution in [1.29, 1.82) is 0 Å². The van der Waals surface area contributed by atoms with Crippen molar-refractivity contribution < 1.29 is 0 Å². The first-order valence-corrected chi connectivity index (χ1v) is 7.41. The average molecular weight is 371 g/mol. The highest BCUT2D eigenvalue weighted by Gasteiger charge is 2.29. The Morgan fingerprint density at radius 2 is 1.83 bits per heavy atom. The van der Waals surface area contributed by atoms with Crippen molar-refractivity contribution in [2.45, 2.75) is 25.7 Å². The lowest BCUT2D eigenvalue weighted by Crippen LogP contribution is -1.99. The topological polar surface area (TPSA) is 25.8 Å². The van der Waals surface area contributed by atoms with Crippen LogP contribution in [0, 0.1) is 10.5 Å². The lowest BCUT2D eigenvalue weighted by atomic mass is 10.1. The van der Waals surface area contributed by atoms with Crippen LogP contribution in [0.3, 0.4) is 0 Å². The summed E-state index contributed by atoms with van der Waals surface area (Å²) in [6, 6.07) is 8.23. The van der Waals surface area contributed by atoms with Gasteiger partial charge in [0.15, 0.2) is 5.82 Å². The first-order chi connectivity index (χ1) is 8.65. The van der Waals surface area contributed by atoms with Crippen LogP contribution in [-0.4, -0.2) is 9.97 Å².